The van der Waals surface area contributed by atoms with Crippen LogP contribution in [-0.2, 0) is 19.1 Å². The third kappa shape index (κ3) is 3.94. The molecule has 0 aliphatic carbocycles. The summed E-state index contributed by atoms with van der Waals surface area (Å²) < 4.78 is 22.2. The van der Waals surface area contributed by atoms with Gasteiger partial charge >= 0.3 is 5.97 Å². The van der Waals surface area contributed by atoms with Gasteiger partial charge in [-0.3, -0.25) is 4.79 Å². The van der Waals surface area contributed by atoms with Crippen LogP contribution in [0.1, 0.15) is 11.7 Å². The minimum absolute atomic E-state index is 0.0309. The maximum atomic E-state index is 13.0. The second kappa shape index (κ2) is 8.31. The number of benzene rings is 2. The first-order valence-electron chi connectivity index (χ1n) is 9.23. The number of hydrogen-bond acceptors (Lipinski definition) is 6. The van der Waals surface area contributed by atoms with Gasteiger partial charge in [0, 0.05) is 18.7 Å². The molecule has 1 amide bonds. The molecular formula is C21H21NO6. The van der Waals surface area contributed by atoms with Crippen molar-refractivity contribution in [3.8, 4) is 11.5 Å². The van der Waals surface area contributed by atoms with Crippen molar-refractivity contribution in [2.24, 2.45) is 0 Å². The third-order valence-electron chi connectivity index (χ3n) is 4.65. The van der Waals surface area contributed by atoms with Crippen LogP contribution in [0.25, 0.3) is 0 Å². The molecule has 2 aromatic rings. The van der Waals surface area contributed by atoms with E-state index in [9.17, 15) is 9.59 Å². The van der Waals surface area contributed by atoms with Gasteiger partial charge in [0.15, 0.2) is 11.5 Å². The Morgan fingerprint density at radius 3 is 2.39 bits per heavy atom. The minimum atomic E-state index is -1.03. The maximum Gasteiger partial charge on any atom is 0.352 e. The van der Waals surface area contributed by atoms with Crippen molar-refractivity contribution < 1.29 is 28.5 Å². The van der Waals surface area contributed by atoms with Crippen molar-refractivity contribution in [3.63, 3.8) is 0 Å². The topological polar surface area (TPSA) is 74.3 Å². The van der Waals surface area contributed by atoms with Crippen molar-refractivity contribution in [3.05, 3.63) is 60.2 Å². The van der Waals surface area contributed by atoms with E-state index in [0.717, 1.165) is 0 Å². The molecule has 0 bridgehead atoms. The predicted octanol–water partition coefficient (Wildman–Crippen LogP) is 1.97. The number of rotatable bonds is 4. The summed E-state index contributed by atoms with van der Waals surface area (Å²) in [6.45, 7) is 1.91. The van der Waals surface area contributed by atoms with Gasteiger partial charge < -0.3 is 23.8 Å². The van der Waals surface area contributed by atoms with E-state index in [-0.39, 0.29) is 12.5 Å². The summed E-state index contributed by atoms with van der Waals surface area (Å²) in [7, 11) is 0. The van der Waals surface area contributed by atoms with Gasteiger partial charge in [0.05, 0.1) is 13.2 Å². The molecule has 7 heteroatoms. The number of carbonyl (C=O) groups excluding carboxylic acids is 2. The Morgan fingerprint density at radius 2 is 1.64 bits per heavy atom. The molecular weight excluding hydrogens is 362 g/mol. The highest BCUT2D eigenvalue weighted by Gasteiger charge is 2.35. The number of para-hydroxylation sites is 2. The van der Waals surface area contributed by atoms with E-state index in [1.807, 2.05) is 12.1 Å². The van der Waals surface area contributed by atoms with Crippen molar-refractivity contribution in [2.75, 3.05) is 32.9 Å². The number of esters is 1. The second-order valence-corrected chi connectivity index (χ2v) is 6.53. The van der Waals surface area contributed by atoms with Crippen LogP contribution in [0.5, 0.6) is 11.5 Å². The van der Waals surface area contributed by atoms with Crippen LogP contribution < -0.4 is 9.47 Å². The van der Waals surface area contributed by atoms with Crippen LogP contribution >= 0.6 is 0 Å². The van der Waals surface area contributed by atoms with Gasteiger partial charge in [0.1, 0.15) is 6.61 Å². The number of amides is 1. The Balaban J connectivity index is 1.51. The lowest BCUT2D eigenvalue weighted by Crippen LogP contribution is -2.45. The highest BCUT2D eigenvalue weighted by molar-refractivity contribution is 5.86. The average Bonchev–Trinajstić information content (AvgIpc) is 2.77. The van der Waals surface area contributed by atoms with E-state index in [1.54, 1.807) is 47.4 Å². The Morgan fingerprint density at radius 1 is 0.964 bits per heavy atom. The zero-order chi connectivity index (χ0) is 19.3. The van der Waals surface area contributed by atoms with Gasteiger partial charge in [-0.05, 0) is 12.1 Å². The van der Waals surface area contributed by atoms with Gasteiger partial charge in [0.25, 0.3) is 5.91 Å². The normalized spacial score (nSPS) is 19.6. The molecule has 2 aliphatic rings. The van der Waals surface area contributed by atoms with Crippen LogP contribution in [0, 0.1) is 0 Å². The molecule has 0 saturated carbocycles. The molecule has 2 aromatic carbocycles. The number of morpholine rings is 1. The monoisotopic (exact) mass is 383 g/mol. The summed E-state index contributed by atoms with van der Waals surface area (Å²) >= 11 is 0. The molecule has 1 saturated heterocycles. The summed E-state index contributed by atoms with van der Waals surface area (Å²) in [5.41, 5.74) is 0.615. The fourth-order valence-electron chi connectivity index (χ4n) is 3.17. The van der Waals surface area contributed by atoms with Gasteiger partial charge in [-0.15, -0.1) is 0 Å². The molecule has 2 aliphatic heterocycles. The Labute approximate surface area is 162 Å². The zero-order valence-electron chi connectivity index (χ0n) is 15.3. The Kier molecular flexibility index (Phi) is 5.43. The highest BCUT2D eigenvalue weighted by Crippen LogP contribution is 2.32. The molecule has 146 valence electrons. The predicted molar refractivity (Wildman–Crippen MR) is 99.0 cm³/mol. The molecule has 0 aromatic heterocycles. The van der Waals surface area contributed by atoms with Crippen LogP contribution in [0.2, 0.25) is 0 Å². The van der Waals surface area contributed by atoms with E-state index in [2.05, 4.69) is 0 Å². The smallest absolute Gasteiger partial charge is 0.352 e. The minimum Gasteiger partial charge on any atom is -0.485 e. The molecule has 4 rings (SSSR count). The molecule has 0 radical (unpaired) electrons. The summed E-state index contributed by atoms with van der Waals surface area (Å²) in [5, 5.41) is 0. The fourth-order valence-corrected chi connectivity index (χ4v) is 3.17. The van der Waals surface area contributed by atoms with E-state index >= 15 is 0 Å². The molecule has 0 spiro atoms. The van der Waals surface area contributed by atoms with E-state index in [4.69, 9.17) is 18.9 Å². The van der Waals surface area contributed by atoms with Crippen LogP contribution in [0.3, 0.4) is 0 Å². The highest BCUT2D eigenvalue weighted by atomic mass is 16.6. The molecule has 0 N–H and O–H groups in total. The van der Waals surface area contributed by atoms with Crippen molar-refractivity contribution in [1.82, 2.24) is 4.90 Å². The quantitative estimate of drug-likeness (QED) is 0.752. The first-order chi connectivity index (χ1) is 13.7. The average molecular weight is 383 g/mol. The SMILES string of the molecule is O=C(O[C@H](C(=O)N1CCOCC1)c1ccccc1)[C@H]1COc2ccccc2O1. The Hall–Kier alpha value is -3.06. The zero-order valence-corrected chi connectivity index (χ0v) is 15.3. The third-order valence-corrected chi connectivity index (χ3v) is 4.65. The molecule has 2 heterocycles. The number of ether oxygens (including phenoxy) is 4. The summed E-state index contributed by atoms with van der Waals surface area (Å²) in [6, 6.07) is 16.1. The van der Waals surface area contributed by atoms with Crippen molar-refractivity contribution in [1.29, 1.82) is 0 Å². The number of carbonyl (C=O) groups is 2. The molecule has 2 atom stereocenters. The van der Waals surface area contributed by atoms with Gasteiger partial charge in [-0.2, -0.15) is 0 Å². The lowest BCUT2D eigenvalue weighted by Gasteiger charge is -2.31. The lowest BCUT2D eigenvalue weighted by atomic mass is 10.1. The first-order valence-corrected chi connectivity index (χ1v) is 9.23. The largest absolute Gasteiger partial charge is 0.485 e. The van der Waals surface area contributed by atoms with E-state index in [0.29, 0.717) is 43.4 Å². The Bertz CT molecular complexity index is 834. The number of nitrogens with zero attached hydrogens (tertiary/aromatic N) is 1. The standard InChI is InChI=1S/C21H21NO6/c23-20(22-10-12-25-13-11-22)19(15-6-2-1-3-7-15)28-21(24)18-14-26-16-8-4-5-9-17(16)27-18/h1-9,18-19H,10-14H2/t18-,19+/m1/s1. The maximum absolute atomic E-state index is 13.0. The van der Waals surface area contributed by atoms with Crippen molar-refractivity contribution in [2.45, 2.75) is 12.2 Å². The van der Waals surface area contributed by atoms with Gasteiger partial charge in [-0.1, -0.05) is 42.5 Å². The second-order valence-electron chi connectivity index (χ2n) is 6.53. The van der Waals surface area contributed by atoms with Gasteiger partial charge in [0.2, 0.25) is 12.2 Å². The number of hydrogen-bond donors (Lipinski definition) is 0. The number of fused-ring (bicyclic) bond motifs is 1. The van der Waals surface area contributed by atoms with E-state index in [1.165, 1.54) is 0 Å². The first kappa shape index (κ1) is 18.3. The molecule has 7 nitrogen and oxygen atoms in total. The van der Waals surface area contributed by atoms with Gasteiger partial charge in [-0.25, -0.2) is 4.79 Å². The fraction of sp³-hybridized carbons (Fsp3) is 0.333. The summed E-state index contributed by atoms with van der Waals surface area (Å²) in [5.74, 6) is 0.159. The van der Waals surface area contributed by atoms with Crippen LogP contribution in [-0.4, -0.2) is 55.8 Å². The summed E-state index contributed by atoms with van der Waals surface area (Å²) in [6.07, 6.45) is -1.97. The molecule has 0 unspecified atom stereocenters. The van der Waals surface area contributed by atoms with Crippen LogP contribution in [0.4, 0.5) is 0 Å². The van der Waals surface area contributed by atoms with E-state index < -0.39 is 18.2 Å². The molecule has 28 heavy (non-hydrogen) atoms. The van der Waals surface area contributed by atoms with Crippen molar-refractivity contribution >= 4 is 11.9 Å². The molecule has 1 fully saturated rings. The summed E-state index contributed by atoms with van der Waals surface area (Å²) in [4.78, 5) is 27.4. The van der Waals surface area contributed by atoms with Crippen LogP contribution in [0.15, 0.2) is 54.6 Å². The lowest BCUT2D eigenvalue weighted by molar-refractivity contribution is -0.170.